The summed E-state index contributed by atoms with van der Waals surface area (Å²) < 4.78 is 87.5. The Kier molecular flexibility index (Phi) is 7.23. The first-order chi connectivity index (χ1) is 22.0. The number of alkyl halides is 4. The zero-order valence-electron chi connectivity index (χ0n) is 25.3. The molecule has 1 spiro atoms. The number of hydrogen-bond donors (Lipinski definition) is 1. The average Bonchev–Trinajstić information content (AvgIpc) is 3.49. The number of amidine groups is 2. The van der Waals surface area contributed by atoms with E-state index in [-0.39, 0.29) is 30.1 Å². The number of aliphatic imine (C=N–C) groups is 3. The van der Waals surface area contributed by atoms with E-state index in [0.717, 1.165) is 70.0 Å². The molecule has 7 aliphatic rings. The summed E-state index contributed by atoms with van der Waals surface area (Å²) in [4.78, 5) is 18.3. The van der Waals surface area contributed by atoms with Crippen molar-refractivity contribution in [3.63, 3.8) is 0 Å². The molecule has 14 heteroatoms. The van der Waals surface area contributed by atoms with Crippen LogP contribution in [0.4, 0.5) is 27.6 Å². The highest BCUT2D eigenvalue weighted by molar-refractivity contribution is 6.32. The highest BCUT2D eigenvalue weighted by Crippen LogP contribution is 2.50. The Bertz CT molecular complexity index is 1570. The van der Waals surface area contributed by atoms with Crippen molar-refractivity contribution >= 4 is 34.9 Å². The van der Waals surface area contributed by atoms with Gasteiger partial charge in [0.1, 0.15) is 30.2 Å². The van der Waals surface area contributed by atoms with Crippen molar-refractivity contribution in [3.05, 3.63) is 39.8 Å². The first-order valence-corrected chi connectivity index (χ1v) is 16.6. The van der Waals surface area contributed by atoms with Crippen LogP contribution in [0.2, 0.25) is 5.02 Å². The van der Waals surface area contributed by atoms with Gasteiger partial charge in [-0.05, 0) is 76.5 Å². The third-order valence-electron chi connectivity index (χ3n) is 11.0. The first-order valence-electron chi connectivity index (χ1n) is 16.2. The van der Waals surface area contributed by atoms with Crippen LogP contribution in [0, 0.1) is 5.92 Å². The molecular weight excluding hydrogens is 631 g/mol. The quantitative estimate of drug-likeness (QED) is 0.297. The lowest BCUT2D eigenvalue weighted by Gasteiger charge is -2.53. The van der Waals surface area contributed by atoms with Crippen LogP contribution in [0.5, 0.6) is 0 Å². The van der Waals surface area contributed by atoms with Gasteiger partial charge in [0.2, 0.25) is 0 Å². The van der Waals surface area contributed by atoms with E-state index < -0.39 is 63.3 Å². The summed E-state index contributed by atoms with van der Waals surface area (Å²) in [5.41, 5.74) is 2.33. The molecule has 1 aromatic carbocycles. The number of anilines is 1. The minimum absolute atomic E-state index is 0.0673. The van der Waals surface area contributed by atoms with Crippen molar-refractivity contribution in [2.45, 2.75) is 100.0 Å². The lowest BCUT2D eigenvalue weighted by Crippen LogP contribution is -2.60. The number of halogens is 6. The van der Waals surface area contributed by atoms with Crippen LogP contribution in [0.15, 0.2) is 38.6 Å². The Morgan fingerprint density at radius 3 is 2.65 bits per heavy atom. The van der Waals surface area contributed by atoms with Gasteiger partial charge in [-0.15, -0.1) is 0 Å². The molecule has 6 heterocycles. The summed E-state index contributed by atoms with van der Waals surface area (Å²) in [6.07, 6.45) is 1.14. The van der Waals surface area contributed by atoms with Crippen molar-refractivity contribution in [2.24, 2.45) is 20.9 Å². The van der Waals surface area contributed by atoms with Crippen LogP contribution >= 0.6 is 11.6 Å². The Labute approximate surface area is 268 Å². The maximum absolute atomic E-state index is 16.9. The highest BCUT2D eigenvalue weighted by Gasteiger charge is 2.54. The maximum Gasteiger partial charge on any atom is 0.418 e. The number of fused-ring (bicyclic) bond motifs is 3. The zero-order chi connectivity index (χ0) is 32.0. The minimum atomic E-state index is -4.92. The van der Waals surface area contributed by atoms with Gasteiger partial charge in [0.15, 0.2) is 12.1 Å². The smallest absolute Gasteiger partial charge is 0.418 e. The van der Waals surface area contributed by atoms with Gasteiger partial charge in [-0.1, -0.05) is 11.6 Å². The molecule has 46 heavy (non-hydrogen) atoms. The second-order valence-corrected chi connectivity index (χ2v) is 14.3. The molecule has 2 N–H and O–H groups in total. The second kappa shape index (κ2) is 10.9. The molecule has 0 amide bonds. The van der Waals surface area contributed by atoms with Crippen LogP contribution < -0.4 is 5.73 Å². The molecule has 0 bridgehead atoms. The largest absolute Gasteiger partial charge is 0.461 e. The normalized spacial score (nSPS) is 33.7. The molecule has 6 aliphatic heterocycles. The first kappa shape index (κ1) is 30.6. The number of nitrogens with two attached hydrogens (primary N) is 1. The van der Waals surface area contributed by atoms with Gasteiger partial charge in [-0.2, -0.15) is 23.2 Å². The second-order valence-electron chi connectivity index (χ2n) is 13.9. The molecule has 8 nitrogen and oxygen atoms in total. The van der Waals surface area contributed by atoms with Gasteiger partial charge in [0, 0.05) is 36.8 Å². The number of hydrogen-bond acceptors (Lipinski definition) is 8. The fourth-order valence-electron chi connectivity index (χ4n) is 8.80. The number of piperidine rings is 1. The van der Waals surface area contributed by atoms with Crippen molar-refractivity contribution in [3.8, 4) is 0 Å². The summed E-state index contributed by atoms with van der Waals surface area (Å²) in [7, 11) is 0. The number of allylic oxidation sites excluding steroid dienone is 1. The summed E-state index contributed by atoms with van der Waals surface area (Å²) in [5.74, 6) is -1.42. The van der Waals surface area contributed by atoms with Gasteiger partial charge in [0.25, 0.3) is 0 Å². The molecule has 5 atom stereocenters. The molecule has 0 aromatic heterocycles. The Morgan fingerprint density at radius 1 is 1.07 bits per heavy atom. The standard InChI is InChI=1S/C32H36ClF5N6O2/c33-21-12-18(39)11-20(23(21)32(36,37)38)25-24(35)26-22-27(42-29(41-26)45-16-30-6-4-9-43(30)15-17(34)13-30)44-10-2-1-5-19(44)14-31(7-3-8-31)46-28(22)40-25/h11-12,17,19,22,28H,1-10,13-16,39H2/t17-,19?,22?,28?,30+/m1/s1. The molecule has 0 radical (unpaired) electrons. The van der Waals surface area contributed by atoms with Crippen LogP contribution in [0.1, 0.15) is 75.3 Å². The van der Waals surface area contributed by atoms with Gasteiger partial charge in [0.05, 0.1) is 27.4 Å². The summed E-state index contributed by atoms with van der Waals surface area (Å²) in [5, 5.41) is -0.656. The van der Waals surface area contributed by atoms with E-state index in [2.05, 4.69) is 19.8 Å². The van der Waals surface area contributed by atoms with E-state index >= 15 is 4.39 Å². The van der Waals surface area contributed by atoms with E-state index in [4.69, 9.17) is 31.8 Å². The monoisotopic (exact) mass is 666 g/mol. The van der Waals surface area contributed by atoms with Crippen LogP contribution in [-0.2, 0) is 15.7 Å². The Balaban J connectivity index is 1.26. The Hall–Kier alpha value is -2.77. The number of ether oxygens (including phenoxy) is 2. The summed E-state index contributed by atoms with van der Waals surface area (Å²) in [6.45, 7) is 1.92. The van der Waals surface area contributed by atoms with Crippen LogP contribution in [-0.4, -0.2) is 83.2 Å². The van der Waals surface area contributed by atoms with Crippen molar-refractivity contribution in [1.82, 2.24) is 9.80 Å². The fraction of sp³-hybridized carbons (Fsp3) is 0.656. The number of nitrogens with zero attached hydrogens (tertiary/aromatic N) is 5. The van der Waals surface area contributed by atoms with Crippen molar-refractivity contribution < 1.29 is 31.4 Å². The zero-order valence-corrected chi connectivity index (χ0v) is 26.0. The highest BCUT2D eigenvalue weighted by atomic mass is 35.5. The van der Waals surface area contributed by atoms with E-state index in [0.29, 0.717) is 31.8 Å². The predicted molar refractivity (Wildman–Crippen MR) is 163 cm³/mol. The Morgan fingerprint density at radius 2 is 1.89 bits per heavy atom. The van der Waals surface area contributed by atoms with Gasteiger partial charge >= 0.3 is 12.2 Å². The maximum atomic E-state index is 16.9. The molecule has 5 fully saturated rings. The molecule has 1 aliphatic carbocycles. The molecule has 248 valence electrons. The van der Waals surface area contributed by atoms with Crippen molar-refractivity contribution in [2.75, 3.05) is 32.0 Å². The number of dihydropyridines is 1. The number of nitrogen functional groups attached to an aromatic ring is 1. The van der Waals surface area contributed by atoms with E-state index in [1.54, 1.807) is 0 Å². The van der Waals surface area contributed by atoms with Gasteiger partial charge < -0.3 is 20.1 Å². The van der Waals surface area contributed by atoms with Gasteiger partial charge in [-0.3, -0.25) is 4.90 Å². The summed E-state index contributed by atoms with van der Waals surface area (Å²) in [6, 6.07) is 2.03. The van der Waals surface area contributed by atoms with E-state index in [9.17, 15) is 17.6 Å². The number of rotatable bonds is 3. The van der Waals surface area contributed by atoms with Gasteiger partial charge in [-0.25, -0.2) is 13.8 Å². The summed E-state index contributed by atoms with van der Waals surface area (Å²) >= 11 is 6.08. The third-order valence-corrected chi connectivity index (χ3v) is 11.3. The molecule has 1 saturated carbocycles. The van der Waals surface area contributed by atoms with Crippen molar-refractivity contribution in [1.29, 1.82) is 0 Å². The minimum Gasteiger partial charge on any atom is -0.461 e. The van der Waals surface area contributed by atoms with E-state index in [1.807, 2.05) is 0 Å². The average molecular weight is 667 g/mol. The third kappa shape index (κ3) is 4.94. The number of benzene rings is 1. The topological polar surface area (TPSA) is 88.0 Å². The lowest BCUT2D eigenvalue weighted by atomic mass is 9.73. The molecule has 3 unspecified atom stereocenters. The lowest BCUT2D eigenvalue weighted by molar-refractivity contribution is -0.162. The predicted octanol–water partition coefficient (Wildman–Crippen LogP) is 6.43. The molecule has 1 aromatic rings. The van der Waals surface area contributed by atoms with Crippen LogP contribution in [0.3, 0.4) is 0 Å². The van der Waals surface area contributed by atoms with E-state index in [1.165, 1.54) is 0 Å². The molecule has 4 saturated heterocycles. The van der Waals surface area contributed by atoms with Crippen LogP contribution in [0.25, 0.3) is 0 Å². The fourth-order valence-corrected chi connectivity index (χ4v) is 9.13. The SMILES string of the molecule is Nc1cc(Cl)c(C(F)(F)F)c(C2=NC3OC4(CCC4)CC4CCCCN4C4=NC(OC[C@@]56CCCN5C[C@H](F)C6)=NC(=C2F)C43)c1. The molecular formula is C32H36ClF5N6O2. The molecule has 8 rings (SSSR count).